The van der Waals surface area contributed by atoms with E-state index in [1.165, 1.54) is 50.2 Å². The van der Waals surface area contributed by atoms with Crippen molar-refractivity contribution in [2.45, 2.75) is 43.9 Å². The van der Waals surface area contributed by atoms with Gasteiger partial charge in [0.05, 0.1) is 10.6 Å². The molecule has 4 aliphatic rings. The number of nitro benzene ring substituents is 1. The standard InChI is InChI=1S/C23H24N2O2/c26-25(27)22-3-1-2-16(11-22)15-24-21-6-4-20(5-7-21)23-12-17-8-18(13-23)10-19(9-17)14-23/h1-7,11,15,17-19H,8-10,12-14H2. The SMILES string of the molecule is O=[N+]([O-])c1cccc(C=Nc2ccc(C34CC5CC(CC(C5)C3)C4)cc2)c1. The van der Waals surface area contributed by atoms with Crippen molar-refractivity contribution < 1.29 is 4.92 Å². The first-order chi connectivity index (χ1) is 13.1. The molecule has 6 rings (SSSR count). The van der Waals surface area contributed by atoms with E-state index in [2.05, 4.69) is 29.3 Å². The molecule has 4 bridgehead atoms. The molecule has 0 heterocycles. The third-order valence-electron chi connectivity index (χ3n) is 6.96. The van der Waals surface area contributed by atoms with Gasteiger partial charge in [0.2, 0.25) is 0 Å². The zero-order valence-corrected chi connectivity index (χ0v) is 15.4. The molecule has 2 aromatic rings. The topological polar surface area (TPSA) is 55.5 Å². The molecule has 27 heavy (non-hydrogen) atoms. The highest BCUT2D eigenvalue weighted by Crippen LogP contribution is 2.60. The number of aliphatic imine (C=N–C) groups is 1. The minimum Gasteiger partial charge on any atom is -0.258 e. The van der Waals surface area contributed by atoms with Gasteiger partial charge >= 0.3 is 0 Å². The molecule has 0 radical (unpaired) electrons. The lowest BCUT2D eigenvalue weighted by atomic mass is 9.48. The first-order valence-corrected chi connectivity index (χ1v) is 9.99. The molecular weight excluding hydrogens is 336 g/mol. The van der Waals surface area contributed by atoms with E-state index in [1.54, 1.807) is 18.3 Å². The normalized spacial score (nSPS) is 31.5. The Labute approximate surface area is 159 Å². The number of rotatable bonds is 4. The fourth-order valence-corrected chi connectivity index (χ4v) is 6.23. The zero-order chi connectivity index (χ0) is 18.4. The van der Waals surface area contributed by atoms with Gasteiger partial charge in [-0.15, -0.1) is 0 Å². The fraction of sp³-hybridized carbons (Fsp3) is 0.435. The van der Waals surface area contributed by atoms with Gasteiger partial charge in [0, 0.05) is 18.3 Å². The van der Waals surface area contributed by atoms with Crippen LogP contribution in [0.1, 0.15) is 49.7 Å². The van der Waals surface area contributed by atoms with Crippen molar-refractivity contribution in [2.75, 3.05) is 0 Å². The van der Waals surface area contributed by atoms with Crippen LogP contribution in [0.25, 0.3) is 0 Å². The van der Waals surface area contributed by atoms with E-state index in [-0.39, 0.29) is 10.6 Å². The van der Waals surface area contributed by atoms with Crippen LogP contribution < -0.4 is 0 Å². The first-order valence-electron chi connectivity index (χ1n) is 9.99. The summed E-state index contributed by atoms with van der Waals surface area (Å²) >= 11 is 0. The van der Waals surface area contributed by atoms with Gasteiger partial charge in [0.1, 0.15) is 0 Å². The molecule has 0 spiro atoms. The van der Waals surface area contributed by atoms with Crippen molar-refractivity contribution in [3.8, 4) is 0 Å². The Kier molecular flexibility index (Phi) is 3.88. The number of hydrogen-bond acceptors (Lipinski definition) is 3. The Morgan fingerprint density at radius 3 is 2.19 bits per heavy atom. The predicted molar refractivity (Wildman–Crippen MR) is 107 cm³/mol. The monoisotopic (exact) mass is 360 g/mol. The van der Waals surface area contributed by atoms with Crippen molar-refractivity contribution in [1.29, 1.82) is 0 Å². The van der Waals surface area contributed by atoms with Crippen LogP contribution in [0.5, 0.6) is 0 Å². The lowest BCUT2D eigenvalue weighted by Crippen LogP contribution is -2.48. The molecule has 0 aromatic heterocycles. The Morgan fingerprint density at radius 2 is 1.59 bits per heavy atom. The van der Waals surface area contributed by atoms with Crippen molar-refractivity contribution >= 4 is 17.6 Å². The van der Waals surface area contributed by atoms with Crippen molar-refractivity contribution in [1.82, 2.24) is 0 Å². The van der Waals surface area contributed by atoms with E-state index >= 15 is 0 Å². The lowest BCUT2D eigenvalue weighted by Gasteiger charge is -2.57. The molecule has 4 fully saturated rings. The summed E-state index contributed by atoms with van der Waals surface area (Å²) in [5.41, 5.74) is 3.65. The summed E-state index contributed by atoms with van der Waals surface area (Å²) < 4.78 is 0. The van der Waals surface area contributed by atoms with Crippen LogP contribution in [-0.4, -0.2) is 11.1 Å². The smallest absolute Gasteiger partial charge is 0.258 e. The molecule has 138 valence electrons. The van der Waals surface area contributed by atoms with E-state index in [1.807, 2.05) is 6.07 Å². The molecular formula is C23H24N2O2. The second kappa shape index (κ2) is 6.29. The maximum atomic E-state index is 10.9. The van der Waals surface area contributed by atoms with Gasteiger partial charge in [-0.2, -0.15) is 0 Å². The summed E-state index contributed by atoms with van der Waals surface area (Å²) in [7, 11) is 0. The molecule has 0 amide bonds. The van der Waals surface area contributed by atoms with Crippen molar-refractivity contribution in [3.05, 3.63) is 69.8 Å². The molecule has 0 N–H and O–H groups in total. The second-order valence-electron chi connectivity index (χ2n) is 8.86. The van der Waals surface area contributed by atoms with E-state index in [9.17, 15) is 10.1 Å². The van der Waals surface area contributed by atoms with Crippen LogP contribution in [0.15, 0.2) is 53.5 Å². The fourth-order valence-electron chi connectivity index (χ4n) is 6.23. The summed E-state index contributed by atoms with van der Waals surface area (Å²) in [6.07, 6.45) is 10.2. The van der Waals surface area contributed by atoms with E-state index in [0.29, 0.717) is 5.41 Å². The molecule has 4 nitrogen and oxygen atoms in total. The maximum Gasteiger partial charge on any atom is 0.270 e. The first kappa shape index (κ1) is 16.7. The zero-order valence-electron chi connectivity index (χ0n) is 15.4. The van der Waals surface area contributed by atoms with Gasteiger partial charge in [0.15, 0.2) is 0 Å². The predicted octanol–water partition coefficient (Wildman–Crippen LogP) is 5.81. The molecule has 4 saturated carbocycles. The van der Waals surface area contributed by atoms with Crippen LogP contribution in [0.4, 0.5) is 11.4 Å². The van der Waals surface area contributed by atoms with Crippen LogP contribution in [0.2, 0.25) is 0 Å². The molecule has 4 heteroatoms. The van der Waals surface area contributed by atoms with Gasteiger partial charge in [-0.1, -0.05) is 24.3 Å². The van der Waals surface area contributed by atoms with Gasteiger partial charge in [-0.05, 0) is 85.0 Å². The minimum atomic E-state index is -0.377. The number of nitrogens with zero attached hydrogens (tertiary/aromatic N) is 2. The van der Waals surface area contributed by atoms with Crippen molar-refractivity contribution in [3.63, 3.8) is 0 Å². The highest BCUT2D eigenvalue weighted by Gasteiger charge is 2.51. The minimum absolute atomic E-state index is 0.0936. The van der Waals surface area contributed by atoms with Gasteiger partial charge in [-0.3, -0.25) is 15.1 Å². The highest BCUT2D eigenvalue weighted by atomic mass is 16.6. The summed E-state index contributed by atoms with van der Waals surface area (Å²) in [5, 5.41) is 10.9. The summed E-state index contributed by atoms with van der Waals surface area (Å²) in [4.78, 5) is 15.0. The van der Waals surface area contributed by atoms with E-state index < -0.39 is 0 Å². The molecule has 4 aliphatic carbocycles. The Morgan fingerprint density at radius 1 is 0.963 bits per heavy atom. The van der Waals surface area contributed by atoms with Crippen LogP contribution in [-0.2, 0) is 5.41 Å². The van der Waals surface area contributed by atoms with E-state index in [4.69, 9.17) is 0 Å². The summed E-state index contributed by atoms with van der Waals surface area (Å²) in [5.74, 6) is 2.84. The van der Waals surface area contributed by atoms with Crippen LogP contribution in [0.3, 0.4) is 0 Å². The molecule has 0 unspecified atom stereocenters. The quantitative estimate of drug-likeness (QED) is 0.392. The highest BCUT2D eigenvalue weighted by molar-refractivity contribution is 5.82. The van der Waals surface area contributed by atoms with Gasteiger partial charge < -0.3 is 0 Å². The number of benzene rings is 2. The Bertz CT molecular complexity index is 866. The summed E-state index contributed by atoms with van der Waals surface area (Å²) in [6, 6.07) is 15.3. The van der Waals surface area contributed by atoms with Gasteiger partial charge in [-0.25, -0.2) is 0 Å². The maximum absolute atomic E-state index is 10.9. The molecule has 0 atom stereocenters. The van der Waals surface area contributed by atoms with Crippen LogP contribution >= 0.6 is 0 Å². The molecule has 0 saturated heterocycles. The summed E-state index contributed by atoms with van der Waals surface area (Å²) in [6.45, 7) is 0. The lowest BCUT2D eigenvalue weighted by molar-refractivity contribution is -0.384. The number of non-ortho nitro benzene ring substituents is 1. The largest absolute Gasteiger partial charge is 0.270 e. The number of nitro groups is 1. The average molecular weight is 360 g/mol. The second-order valence-corrected chi connectivity index (χ2v) is 8.86. The van der Waals surface area contributed by atoms with Crippen molar-refractivity contribution in [2.24, 2.45) is 22.7 Å². The Hall–Kier alpha value is -2.49. The third kappa shape index (κ3) is 3.07. The number of hydrogen-bond donors (Lipinski definition) is 0. The molecule has 0 aliphatic heterocycles. The Balaban J connectivity index is 1.35. The van der Waals surface area contributed by atoms with Gasteiger partial charge in [0.25, 0.3) is 5.69 Å². The van der Waals surface area contributed by atoms with E-state index in [0.717, 1.165) is 29.0 Å². The molecule has 2 aromatic carbocycles. The third-order valence-corrected chi connectivity index (χ3v) is 6.96. The average Bonchev–Trinajstić information content (AvgIpc) is 2.66. The van der Waals surface area contributed by atoms with Crippen LogP contribution in [0, 0.1) is 27.9 Å².